The molecule has 2 nitrogen and oxygen atoms in total. The third-order valence-electron chi connectivity index (χ3n) is 1.90. The molecule has 0 spiro atoms. The molecule has 0 aliphatic carbocycles. The summed E-state index contributed by atoms with van der Waals surface area (Å²) in [6.45, 7) is 4.09. The molecule has 1 aromatic carbocycles. The van der Waals surface area contributed by atoms with Crippen LogP contribution >= 0.6 is 31.9 Å². The van der Waals surface area contributed by atoms with Crippen molar-refractivity contribution in [2.24, 2.45) is 0 Å². The number of hydrogen-bond acceptors (Lipinski definition) is 2. The molecule has 0 N–H and O–H groups in total. The summed E-state index contributed by atoms with van der Waals surface area (Å²) >= 11 is 6.73. The first-order valence-electron chi connectivity index (χ1n) is 4.63. The van der Waals surface area contributed by atoms with Crippen LogP contribution in [0.3, 0.4) is 0 Å². The lowest BCUT2D eigenvalue weighted by atomic mass is 10.1. The van der Waals surface area contributed by atoms with Crippen molar-refractivity contribution in [3.05, 3.63) is 28.2 Å². The Morgan fingerprint density at radius 1 is 1.53 bits per heavy atom. The van der Waals surface area contributed by atoms with Crippen molar-refractivity contribution in [3.8, 4) is 5.75 Å². The quantitative estimate of drug-likeness (QED) is 0.781. The van der Waals surface area contributed by atoms with E-state index in [-0.39, 0.29) is 10.6 Å². The SMILES string of the molecule is CCOc1cc(C(Br)C(C)=O)ccc1Br. The van der Waals surface area contributed by atoms with Gasteiger partial charge in [-0.2, -0.15) is 0 Å². The van der Waals surface area contributed by atoms with Crippen molar-refractivity contribution in [2.45, 2.75) is 18.7 Å². The van der Waals surface area contributed by atoms with Gasteiger partial charge in [0.1, 0.15) is 11.5 Å². The normalized spacial score (nSPS) is 12.3. The number of ketones is 1. The Bertz CT molecular complexity index is 364. The molecule has 1 atom stereocenters. The average Bonchev–Trinajstić information content (AvgIpc) is 2.20. The lowest BCUT2D eigenvalue weighted by Crippen LogP contribution is -2.02. The van der Waals surface area contributed by atoms with E-state index in [0.717, 1.165) is 15.8 Å². The number of Topliss-reactive ketones (excluding diaryl/α,β-unsaturated/α-hetero) is 1. The Morgan fingerprint density at radius 2 is 2.20 bits per heavy atom. The van der Waals surface area contributed by atoms with E-state index in [0.29, 0.717) is 6.61 Å². The molecule has 0 amide bonds. The van der Waals surface area contributed by atoms with E-state index in [4.69, 9.17) is 4.74 Å². The fourth-order valence-electron chi connectivity index (χ4n) is 1.18. The van der Waals surface area contributed by atoms with Gasteiger partial charge in [-0.25, -0.2) is 0 Å². The van der Waals surface area contributed by atoms with Gasteiger partial charge < -0.3 is 4.74 Å². The second-order valence-corrected chi connectivity index (χ2v) is 4.87. The summed E-state index contributed by atoms with van der Waals surface area (Å²) in [5, 5.41) is 0. The molecule has 0 bridgehead atoms. The van der Waals surface area contributed by atoms with Gasteiger partial charge in [0, 0.05) is 0 Å². The molecule has 15 heavy (non-hydrogen) atoms. The largest absolute Gasteiger partial charge is 0.493 e. The van der Waals surface area contributed by atoms with Gasteiger partial charge in [-0.05, 0) is 47.5 Å². The van der Waals surface area contributed by atoms with Gasteiger partial charge in [-0.3, -0.25) is 4.79 Å². The number of ether oxygens (including phenoxy) is 1. The Labute approximate surface area is 106 Å². The minimum absolute atomic E-state index is 0.0831. The van der Waals surface area contributed by atoms with Gasteiger partial charge >= 0.3 is 0 Å². The van der Waals surface area contributed by atoms with Crippen LogP contribution in [0, 0.1) is 0 Å². The number of alkyl halides is 1. The van der Waals surface area contributed by atoms with E-state index in [1.165, 1.54) is 0 Å². The first kappa shape index (κ1) is 12.7. The molecule has 0 heterocycles. The van der Waals surface area contributed by atoms with Gasteiger partial charge in [-0.15, -0.1) is 0 Å². The molecule has 4 heteroatoms. The molecule has 0 saturated heterocycles. The summed E-state index contributed by atoms with van der Waals surface area (Å²) in [4.78, 5) is 10.9. The number of halogens is 2. The second-order valence-electron chi connectivity index (χ2n) is 3.10. The zero-order valence-corrected chi connectivity index (χ0v) is 11.8. The van der Waals surface area contributed by atoms with Crippen LogP contribution in [-0.2, 0) is 4.79 Å². The first-order valence-corrected chi connectivity index (χ1v) is 6.34. The minimum atomic E-state index is -0.259. The maximum absolute atomic E-state index is 11.2. The monoisotopic (exact) mass is 334 g/mol. The van der Waals surface area contributed by atoms with Gasteiger partial charge in [0.05, 0.1) is 15.9 Å². The Balaban J connectivity index is 3.01. The van der Waals surface area contributed by atoms with E-state index in [1.807, 2.05) is 25.1 Å². The fourth-order valence-corrected chi connectivity index (χ4v) is 1.82. The van der Waals surface area contributed by atoms with Crippen LogP contribution in [0.2, 0.25) is 0 Å². The summed E-state index contributed by atoms with van der Waals surface area (Å²) in [5.74, 6) is 0.848. The molecule has 82 valence electrons. The van der Waals surface area contributed by atoms with E-state index in [1.54, 1.807) is 6.92 Å². The summed E-state index contributed by atoms with van der Waals surface area (Å²) in [6, 6.07) is 5.65. The van der Waals surface area contributed by atoms with Crippen LogP contribution < -0.4 is 4.74 Å². The van der Waals surface area contributed by atoms with E-state index in [9.17, 15) is 4.79 Å². The van der Waals surface area contributed by atoms with Gasteiger partial charge in [0.15, 0.2) is 0 Å². The standard InChI is InChI=1S/C11H12Br2O2/c1-3-15-10-6-8(4-5-9(10)12)11(13)7(2)14/h4-6,11H,3H2,1-2H3. The average molecular weight is 336 g/mol. The highest BCUT2D eigenvalue weighted by Gasteiger charge is 2.14. The smallest absolute Gasteiger partial charge is 0.147 e. The third-order valence-corrected chi connectivity index (χ3v) is 3.73. The molecule has 1 aromatic rings. The Hall–Kier alpha value is -0.350. The van der Waals surface area contributed by atoms with Crippen LogP contribution in [0.1, 0.15) is 24.2 Å². The summed E-state index contributed by atoms with van der Waals surface area (Å²) < 4.78 is 6.33. The van der Waals surface area contributed by atoms with E-state index in [2.05, 4.69) is 31.9 Å². The summed E-state index contributed by atoms with van der Waals surface area (Å²) in [7, 11) is 0. The Morgan fingerprint density at radius 3 is 2.73 bits per heavy atom. The van der Waals surface area contributed by atoms with Crippen molar-refractivity contribution >= 4 is 37.6 Å². The van der Waals surface area contributed by atoms with E-state index >= 15 is 0 Å². The minimum Gasteiger partial charge on any atom is -0.493 e. The molecule has 0 radical (unpaired) electrons. The number of hydrogen-bond donors (Lipinski definition) is 0. The predicted octanol–water partition coefficient (Wildman–Crippen LogP) is 3.87. The second kappa shape index (κ2) is 5.66. The Kier molecular flexibility index (Phi) is 4.80. The highest BCUT2D eigenvalue weighted by molar-refractivity contribution is 9.10. The van der Waals surface area contributed by atoms with Crippen LogP contribution in [-0.4, -0.2) is 12.4 Å². The maximum atomic E-state index is 11.2. The zero-order valence-electron chi connectivity index (χ0n) is 8.59. The number of benzene rings is 1. The molecular weight excluding hydrogens is 324 g/mol. The van der Waals surface area contributed by atoms with Gasteiger partial charge in [0.2, 0.25) is 0 Å². The molecule has 0 aromatic heterocycles. The summed E-state index contributed by atoms with van der Waals surface area (Å²) in [6.07, 6.45) is 0. The maximum Gasteiger partial charge on any atom is 0.147 e. The number of carbonyl (C=O) groups is 1. The first-order chi connectivity index (χ1) is 7.06. The van der Waals surface area contributed by atoms with Crippen molar-refractivity contribution in [3.63, 3.8) is 0 Å². The summed E-state index contributed by atoms with van der Waals surface area (Å²) in [5.41, 5.74) is 0.911. The van der Waals surface area contributed by atoms with Crippen LogP contribution in [0.4, 0.5) is 0 Å². The molecule has 0 aliphatic heterocycles. The van der Waals surface area contributed by atoms with Crippen LogP contribution in [0.25, 0.3) is 0 Å². The van der Waals surface area contributed by atoms with Crippen LogP contribution in [0.5, 0.6) is 5.75 Å². The molecule has 0 aliphatic rings. The zero-order chi connectivity index (χ0) is 11.4. The molecule has 1 rings (SSSR count). The topological polar surface area (TPSA) is 26.3 Å². The lowest BCUT2D eigenvalue weighted by Gasteiger charge is -2.10. The number of carbonyl (C=O) groups excluding carboxylic acids is 1. The fraction of sp³-hybridized carbons (Fsp3) is 0.364. The van der Waals surface area contributed by atoms with Crippen molar-refractivity contribution < 1.29 is 9.53 Å². The van der Waals surface area contributed by atoms with Gasteiger partial charge in [-0.1, -0.05) is 22.0 Å². The van der Waals surface area contributed by atoms with Crippen molar-refractivity contribution in [2.75, 3.05) is 6.61 Å². The van der Waals surface area contributed by atoms with Crippen molar-refractivity contribution in [1.29, 1.82) is 0 Å². The molecule has 0 saturated carbocycles. The highest BCUT2D eigenvalue weighted by atomic mass is 79.9. The lowest BCUT2D eigenvalue weighted by molar-refractivity contribution is -0.116. The molecular formula is C11H12Br2O2. The van der Waals surface area contributed by atoms with Crippen molar-refractivity contribution in [1.82, 2.24) is 0 Å². The highest BCUT2D eigenvalue weighted by Crippen LogP contribution is 2.31. The molecule has 0 fully saturated rings. The van der Waals surface area contributed by atoms with E-state index < -0.39 is 0 Å². The number of rotatable bonds is 4. The van der Waals surface area contributed by atoms with Gasteiger partial charge in [0.25, 0.3) is 0 Å². The third kappa shape index (κ3) is 3.31. The molecule has 1 unspecified atom stereocenters. The van der Waals surface area contributed by atoms with Crippen LogP contribution in [0.15, 0.2) is 22.7 Å². The predicted molar refractivity (Wildman–Crippen MR) is 67.7 cm³/mol.